The molecule has 2 bridgehead atoms. The van der Waals surface area contributed by atoms with E-state index >= 15 is 0 Å². The van der Waals surface area contributed by atoms with E-state index in [1.54, 1.807) is 0 Å². The monoisotopic (exact) mass is 346 g/mol. The van der Waals surface area contributed by atoms with E-state index in [-0.39, 0.29) is 17.1 Å². The lowest BCUT2D eigenvalue weighted by molar-refractivity contribution is -0.497. The quantitative estimate of drug-likeness (QED) is 0.555. The van der Waals surface area contributed by atoms with Gasteiger partial charge in [-0.25, -0.2) is 9.78 Å². The molecule has 25 heavy (non-hydrogen) atoms. The Hall–Kier alpha value is -0.380. The highest BCUT2D eigenvalue weighted by molar-refractivity contribution is 5.33. The summed E-state index contributed by atoms with van der Waals surface area (Å²) in [6, 6.07) is 0. The van der Waals surface area contributed by atoms with Gasteiger partial charge in [0.2, 0.25) is 0 Å². The van der Waals surface area contributed by atoms with Crippen molar-refractivity contribution in [2.24, 2.45) is 34.5 Å². The summed E-state index contributed by atoms with van der Waals surface area (Å²) in [6.07, 6.45) is 12.2. The van der Waals surface area contributed by atoms with Crippen LogP contribution in [0.5, 0.6) is 0 Å². The Morgan fingerprint density at radius 1 is 0.960 bits per heavy atom. The third-order valence-corrected chi connectivity index (χ3v) is 9.49. The Kier molecular flexibility index (Phi) is 3.29. The molecule has 4 fully saturated rings. The summed E-state index contributed by atoms with van der Waals surface area (Å²) in [6.45, 7) is 9.74. The average molecular weight is 347 g/mol. The topological polar surface area (TPSA) is 38.7 Å². The van der Waals surface area contributed by atoms with E-state index in [9.17, 15) is 5.11 Å². The molecule has 140 valence electrons. The maximum absolute atomic E-state index is 10.3. The predicted molar refractivity (Wildman–Crippen MR) is 96.6 cm³/mol. The van der Waals surface area contributed by atoms with E-state index in [1.807, 2.05) is 0 Å². The molecule has 3 heteroatoms. The molecule has 6 rings (SSSR count). The third kappa shape index (κ3) is 1.79. The molecular weight excluding hydrogens is 312 g/mol. The van der Waals surface area contributed by atoms with Crippen LogP contribution >= 0.6 is 0 Å². The molecule has 0 radical (unpaired) electrons. The number of rotatable bonds is 1. The fraction of sp³-hybridized carbons (Fsp3) is 0.909. The van der Waals surface area contributed by atoms with E-state index in [2.05, 4.69) is 39.8 Å². The maximum Gasteiger partial charge on any atom is 0.130 e. The first-order chi connectivity index (χ1) is 11.8. The van der Waals surface area contributed by atoms with Gasteiger partial charge in [-0.3, -0.25) is 0 Å². The van der Waals surface area contributed by atoms with Gasteiger partial charge < -0.3 is 5.11 Å². The fourth-order valence-corrected chi connectivity index (χ4v) is 8.24. The standard InChI is InChI=1S/C22H34O3/c1-14(2)16-5-6-17-19(16,3)9-8-18-20(4)10-7-15(23)13-21(20)11-12-22(17,18)25-24-21/h11-12,14-18,23H,5-10,13H2,1-4H3/t15-,16?,17?,18?,19+,20+,21+,22-/m0/s1. The van der Waals surface area contributed by atoms with E-state index in [1.165, 1.54) is 25.7 Å². The Morgan fingerprint density at radius 3 is 2.44 bits per heavy atom. The van der Waals surface area contributed by atoms with Gasteiger partial charge in [0, 0.05) is 23.7 Å². The molecule has 1 N–H and O–H groups in total. The van der Waals surface area contributed by atoms with Crippen molar-refractivity contribution >= 4 is 0 Å². The highest BCUT2D eigenvalue weighted by atomic mass is 17.2. The van der Waals surface area contributed by atoms with Gasteiger partial charge in [-0.15, -0.1) is 0 Å². The fourth-order valence-electron chi connectivity index (χ4n) is 8.24. The molecule has 8 atom stereocenters. The minimum atomic E-state index is -0.416. The van der Waals surface area contributed by atoms with Gasteiger partial charge in [-0.2, -0.15) is 0 Å². The van der Waals surface area contributed by atoms with Crippen LogP contribution in [-0.4, -0.2) is 22.4 Å². The lowest BCUT2D eigenvalue weighted by atomic mass is 9.43. The summed E-state index contributed by atoms with van der Waals surface area (Å²) < 4.78 is 0. The van der Waals surface area contributed by atoms with Crippen LogP contribution in [0.4, 0.5) is 0 Å². The Balaban J connectivity index is 1.60. The molecule has 4 aliphatic carbocycles. The molecule has 3 saturated carbocycles. The third-order valence-electron chi connectivity index (χ3n) is 9.49. The second kappa shape index (κ2) is 4.91. The summed E-state index contributed by atoms with van der Waals surface area (Å²) in [5.74, 6) is 2.61. The van der Waals surface area contributed by atoms with Gasteiger partial charge in [0.05, 0.1) is 6.10 Å². The van der Waals surface area contributed by atoms with Crippen molar-refractivity contribution in [2.45, 2.75) is 89.9 Å². The van der Waals surface area contributed by atoms with Crippen molar-refractivity contribution in [1.82, 2.24) is 0 Å². The Morgan fingerprint density at radius 2 is 1.76 bits per heavy atom. The van der Waals surface area contributed by atoms with Crippen LogP contribution in [0.25, 0.3) is 0 Å². The van der Waals surface area contributed by atoms with E-state index in [0.717, 1.165) is 24.7 Å². The molecule has 0 aromatic carbocycles. The molecular formula is C22H34O3. The van der Waals surface area contributed by atoms with Crippen LogP contribution in [0, 0.1) is 34.5 Å². The first-order valence-electron chi connectivity index (χ1n) is 10.5. The van der Waals surface area contributed by atoms with Crippen molar-refractivity contribution < 1.29 is 14.9 Å². The molecule has 3 nitrogen and oxygen atoms in total. The highest BCUT2D eigenvalue weighted by Gasteiger charge is 2.74. The van der Waals surface area contributed by atoms with Gasteiger partial charge in [0.25, 0.3) is 0 Å². The second-order valence-electron chi connectivity index (χ2n) is 10.6. The first-order valence-corrected chi connectivity index (χ1v) is 10.5. The Bertz CT molecular complexity index is 614. The largest absolute Gasteiger partial charge is 0.393 e. The van der Waals surface area contributed by atoms with Crippen molar-refractivity contribution in [1.29, 1.82) is 0 Å². The molecule has 0 aromatic rings. The van der Waals surface area contributed by atoms with Crippen molar-refractivity contribution in [3.63, 3.8) is 0 Å². The molecule has 2 spiro atoms. The molecule has 2 heterocycles. The first kappa shape index (κ1) is 16.8. The highest BCUT2D eigenvalue weighted by Crippen LogP contribution is 2.72. The summed E-state index contributed by atoms with van der Waals surface area (Å²) >= 11 is 0. The molecule has 0 aromatic heterocycles. The van der Waals surface area contributed by atoms with E-state index in [4.69, 9.17) is 9.78 Å². The lowest BCUT2D eigenvalue weighted by Gasteiger charge is -2.69. The van der Waals surface area contributed by atoms with Gasteiger partial charge in [0.1, 0.15) is 11.2 Å². The zero-order chi connectivity index (χ0) is 17.7. The van der Waals surface area contributed by atoms with Crippen LogP contribution in [0.15, 0.2) is 12.2 Å². The van der Waals surface area contributed by atoms with Crippen LogP contribution in [0.3, 0.4) is 0 Å². The number of hydrogen-bond donors (Lipinski definition) is 1. The van der Waals surface area contributed by atoms with Crippen molar-refractivity contribution in [2.75, 3.05) is 0 Å². The maximum atomic E-state index is 10.3. The number of fused-ring (bicyclic) bond motifs is 2. The Labute approximate surface area is 152 Å². The van der Waals surface area contributed by atoms with Gasteiger partial charge in [0.15, 0.2) is 0 Å². The number of hydrogen-bond acceptors (Lipinski definition) is 3. The lowest BCUT2D eigenvalue weighted by Crippen LogP contribution is -2.73. The van der Waals surface area contributed by atoms with Crippen LogP contribution in [-0.2, 0) is 9.78 Å². The zero-order valence-corrected chi connectivity index (χ0v) is 16.3. The van der Waals surface area contributed by atoms with Gasteiger partial charge >= 0.3 is 0 Å². The van der Waals surface area contributed by atoms with Crippen molar-refractivity contribution in [3.05, 3.63) is 12.2 Å². The molecule has 3 unspecified atom stereocenters. The summed E-state index contributed by atoms with van der Waals surface area (Å²) in [5.41, 5.74) is -0.201. The average Bonchev–Trinajstić information content (AvgIpc) is 2.93. The smallest absolute Gasteiger partial charge is 0.130 e. The van der Waals surface area contributed by atoms with Crippen LogP contribution < -0.4 is 0 Å². The normalized spacial score (nSPS) is 59.6. The zero-order valence-electron chi connectivity index (χ0n) is 16.3. The summed E-state index contributed by atoms with van der Waals surface area (Å²) in [7, 11) is 0. The van der Waals surface area contributed by atoms with Crippen molar-refractivity contribution in [3.8, 4) is 0 Å². The minimum Gasteiger partial charge on any atom is -0.393 e. The van der Waals surface area contributed by atoms with Crippen LogP contribution in [0.2, 0.25) is 0 Å². The predicted octanol–water partition coefficient (Wildman–Crippen LogP) is 4.65. The molecule has 1 saturated heterocycles. The van der Waals surface area contributed by atoms with E-state index in [0.29, 0.717) is 23.7 Å². The van der Waals surface area contributed by atoms with E-state index < -0.39 is 5.60 Å². The molecule has 2 aliphatic heterocycles. The number of aliphatic hydroxyl groups is 1. The summed E-state index contributed by atoms with van der Waals surface area (Å²) in [4.78, 5) is 12.6. The van der Waals surface area contributed by atoms with Crippen LogP contribution in [0.1, 0.15) is 72.6 Å². The number of aliphatic hydroxyl groups excluding tert-OH is 1. The minimum absolute atomic E-state index is 0.0937. The summed E-state index contributed by atoms with van der Waals surface area (Å²) in [5, 5.41) is 10.3. The second-order valence-corrected chi connectivity index (χ2v) is 10.6. The van der Waals surface area contributed by atoms with Gasteiger partial charge in [-0.1, -0.05) is 33.8 Å². The van der Waals surface area contributed by atoms with Gasteiger partial charge in [-0.05, 0) is 61.9 Å². The molecule has 6 aliphatic rings. The molecule has 0 amide bonds. The SMILES string of the molecule is CC(C)C1CCC2[C@]1(C)CCC1[C@]23C=C[C@]2(C[C@@H](O)CC[C@]12C)OO3.